The lowest BCUT2D eigenvalue weighted by Crippen LogP contribution is -2.25. The summed E-state index contributed by atoms with van der Waals surface area (Å²) in [6, 6.07) is 9.96. The quantitative estimate of drug-likeness (QED) is 0.625. The Kier molecular flexibility index (Phi) is 3.79. The number of alkyl halides is 3. The zero-order chi connectivity index (χ0) is 17.5. The number of hydrogen-bond acceptors (Lipinski definition) is 2. The van der Waals surface area contributed by atoms with Gasteiger partial charge in [-0.2, -0.15) is 13.2 Å². The number of hydrogen-bond donors (Lipinski definition) is 0. The summed E-state index contributed by atoms with van der Waals surface area (Å²) >= 11 is 0. The molecule has 0 saturated heterocycles. The van der Waals surface area contributed by atoms with Crippen molar-refractivity contribution in [1.29, 1.82) is 0 Å². The second kappa shape index (κ2) is 5.67. The Balaban J connectivity index is 2.00. The molecule has 0 spiro atoms. The maximum absolute atomic E-state index is 13.0. The third kappa shape index (κ3) is 2.84. The van der Waals surface area contributed by atoms with Crippen molar-refractivity contribution in [2.24, 2.45) is 0 Å². The minimum absolute atomic E-state index is 0.181. The highest BCUT2D eigenvalue weighted by molar-refractivity contribution is 6.06. The highest BCUT2D eigenvalue weighted by Crippen LogP contribution is 2.36. The van der Waals surface area contributed by atoms with Crippen molar-refractivity contribution in [3.63, 3.8) is 0 Å². The average molecular weight is 337 g/mol. The number of carbonyl (C=O) groups excluding carboxylic acids is 1. The SMILES string of the molecule is CN(C(=O)c1cc2cccc(C(F)(F)F)c2o1)c1ccc(F)cc1. The largest absolute Gasteiger partial charge is 0.450 e. The number of para-hydroxylation sites is 1. The standard InChI is InChI=1S/C17H11F4NO2/c1-22(12-7-5-11(18)6-8-12)16(23)14-9-10-3-2-4-13(15(10)24-14)17(19,20)21/h2-9H,1H3. The summed E-state index contributed by atoms with van der Waals surface area (Å²) in [5, 5.41) is 0.181. The summed E-state index contributed by atoms with van der Waals surface area (Å²) in [7, 11) is 1.42. The van der Waals surface area contributed by atoms with Crippen LogP contribution >= 0.6 is 0 Å². The molecule has 0 aliphatic carbocycles. The number of nitrogens with zero attached hydrogens (tertiary/aromatic N) is 1. The summed E-state index contributed by atoms with van der Waals surface area (Å²) in [5.41, 5.74) is -0.942. The Bertz CT molecular complexity index is 897. The predicted molar refractivity (Wildman–Crippen MR) is 80.3 cm³/mol. The van der Waals surface area contributed by atoms with Crippen LogP contribution in [0.2, 0.25) is 0 Å². The predicted octanol–water partition coefficient (Wildman–Crippen LogP) is 4.87. The van der Waals surface area contributed by atoms with Gasteiger partial charge in [0.1, 0.15) is 11.4 Å². The van der Waals surface area contributed by atoms with Gasteiger partial charge in [0.25, 0.3) is 5.91 Å². The fourth-order valence-electron chi connectivity index (χ4n) is 2.34. The molecule has 2 aromatic carbocycles. The molecule has 1 heterocycles. The number of fused-ring (bicyclic) bond motifs is 1. The molecule has 24 heavy (non-hydrogen) atoms. The van der Waals surface area contributed by atoms with Gasteiger partial charge in [0.05, 0.1) is 5.56 Å². The van der Waals surface area contributed by atoms with Gasteiger partial charge in [-0.1, -0.05) is 12.1 Å². The Labute approximate surface area is 134 Å². The smallest absolute Gasteiger partial charge is 0.420 e. The minimum atomic E-state index is -4.58. The monoisotopic (exact) mass is 337 g/mol. The van der Waals surface area contributed by atoms with Crippen LogP contribution in [0.15, 0.2) is 52.9 Å². The van der Waals surface area contributed by atoms with Crippen molar-refractivity contribution in [2.45, 2.75) is 6.18 Å². The van der Waals surface area contributed by atoms with E-state index in [9.17, 15) is 22.4 Å². The van der Waals surface area contributed by atoms with E-state index in [1.165, 1.54) is 54.4 Å². The molecule has 0 unspecified atom stereocenters. The second-order valence-electron chi connectivity index (χ2n) is 5.17. The summed E-state index contributed by atoms with van der Waals surface area (Å²) in [6.45, 7) is 0. The zero-order valence-electron chi connectivity index (χ0n) is 12.4. The van der Waals surface area contributed by atoms with Crippen LogP contribution in [0.1, 0.15) is 16.1 Å². The van der Waals surface area contributed by atoms with Crippen molar-refractivity contribution in [1.82, 2.24) is 0 Å². The Morgan fingerprint density at radius 1 is 1.08 bits per heavy atom. The number of halogens is 4. The fraction of sp³-hybridized carbons (Fsp3) is 0.118. The molecule has 0 aliphatic rings. The fourth-order valence-corrected chi connectivity index (χ4v) is 2.34. The van der Waals surface area contributed by atoms with Crippen LogP contribution in [0.5, 0.6) is 0 Å². The second-order valence-corrected chi connectivity index (χ2v) is 5.17. The third-order valence-corrected chi connectivity index (χ3v) is 3.58. The van der Waals surface area contributed by atoms with E-state index in [0.29, 0.717) is 5.69 Å². The van der Waals surface area contributed by atoms with Gasteiger partial charge in [-0.05, 0) is 36.4 Å². The van der Waals surface area contributed by atoms with Crippen LogP contribution in [0.25, 0.3) is 11.0 Å². The molecule has 0 atom stereocenters. The Morgan fingerprint density at radius 2 is 1.75 bits per heavy atom. The minimum Gasteiger partial charge on any atom is -0.450 e. The molecule has 1 aromatic heterocycles. The van der Waals surface area contributed by atoms with Gasteiger partial charge < -0.3 is 9.32 Å². The Hall–Kier alpha value is -2.83. The molecular weight excluding hydrogens is 326 g/mol. The molecular formula is C17H11F4NO2. The van der Waals surface area contributed by atoms with Gasteiger partial charge in [0.2, 0.25) is 0 Å². The van der Waals surface area contributed by atoms with E-state index in [2.05, 4.69) is 0 Å². The van der Waals surface area contributed by atoms with Crippen molar-refractivity contribution < 1.29 is 26.8 Å². The number of benzene rings is 2. The maximum Gasteiger partial charge on any atom is 0.420 e. The number of carbonyl (C=O) groups is 1. The van der Waals surface area contributed by atoms with E-state index in [0.717, 1.165) is 6.07 Å². The lowest BCUT2D eigenvalue weighted by Gasteiger charge is -2.15. The zero-order valence-corrected chi connectivity index (χ0v) is 12.4. The van der Waals surface area contributed by atoms with E-state index in [1.807, 2.05) is 0 Å². The Morgan fingerprint density at radius 3 is 2.38 bits per heavy atom. The molecule has 3 aromatic rings. The lowest BCUT2D eigenvalue weighted by molar-refractivity contribution is -0.136. The van der Waals surface area contributed by atoms with Crippen LogP contribution in [0.3, 0.4) is 0 Å². The highest BCUT2D eigenvalue weighted by Gasteiger charge is 2.34. The van der Waals surface area contributed by atoms with Gasteiger partial charge in [0, 0.05) is 18.1 Å². The first kappa shape index (κ1) is 16.0. The van der Waals surface area contributed by atoms with Crippen molar-refractivity contribution in [2.75, 3.05) is 11.9 Å². The topological polar surface area (TPSA) is 33.5 Å². The lowest BCUT2D eigenvalue weighted by atomic mass is 10.1. The van der Waals surface area contributed by atoms with E-state index >= 15 is 0 Å². The number of rotatable bonds is 2. The van der Waals surface area contributed by atoms with Gasteiger partial charge in [0.15, 0.2) is 5.76 Å². The van der Waals surface area contributed by atoms with E-state index in [-0.39, 0.29) is 16.7 Å². The maximum atomic E-state index is 13.0. The van der Waals surface area contributed by atoms with E-state index < -0.39 is 23.5 Å². The van der Waals surface area contributed by atoms with Crippen LogP contribution in [-0.4, -0.2) is 13.0 Å². The molecule has 0 aliphatic heterocycles. The summed E-state index contributed by atoms with van der Waals surface area (Å²) in [4.78, 5) is 13.6. The van der Waals surface area contributed by atoms with Crippen LogP contribution in [0.4, 0.5) is 23.2 Å². The van der Waals surface area contributed by atoms with Gasteiger partial charge in [-0.3, -0.25) is 4.79 Å². The van der Waals surface area contributed by atoms with E-state index in [4.69, 9.17) is 4.42 Å². The normalized spacial score (nSPS) is 11.7. The van der Waals surface area contributed by atoms with Crippen LogP contribution in [-0.2, 0) is 6.18 Å². The summed E-state index contributed by atoms with van der Waals surface area (Å²) in [5.74, 6) is -1.32. The molecule has 124 valence electrons. The molecule has 0 fully saturated rings. The van der Waals surface area contributed by atoms with Gasteiger partial charge >= 0.3 is 6.18 Å². The summed E-state index contributed by atoms with van der Waals surface area (Å²) in [6.07, 6.45) is -4.58. The van der Waals surface area contributed by atoms with Crippen molar-refractivity contribution >= 4 is 22.6 Å². The van der Waals surface area contributed by atoms with Gasteiger partial charge in [-0.15, -0.1) is 0 Å². The van der Waals surface area contributed by atoms with E-state index in [1.54, 1.807) is 0 Å². The van der Waals surface area contributed by atoms with Crippen LogP contribution in [0, 0.1) is 5.82 Å². The summed E-state index contributed by atoms with van der Waals surface area (Å²) < 4.78 is 57.1. The molecule has 0 saturated carbocycles. The molecule has 0 bridgehead atoms. The number of furan rings is 1. The first-order chi connectivity index (χ1) is 11.3. The molecule has 0 radical (unpaired) electrons. The molecule has 0 N–H and O–H groups in total. The molecule has 3 nitrogen and oxygen atoms in total. The van der Waals surface area contributed by atoms with Crippen molar-refractivity contribution in [3.05, 3.63) is 65.7 Å². The molecule has 7 heteroatoms. The first-order valence-electron chi connectivity index (χ1n) is 6.91. The van der Waals surface area contributed by atoms with Crippen LogP contribution < -0.4 is 4.90 Å². The number of amides is 1. The third-order valence-electron chi connectivity index (χ3n) is 3.58. The number of anilines is 1. The van der Waals surface area contributed by atoms with Crippen molar-refractivity contribution in [3.8, 4) is 0 Å². The highest BCUT2D eigenvalue weighted by atomic mass is 19.4. The molecule has 3 rings (SSSR count). The first-order valence-corrected chi connectivity index (χ1v) is 6.91. The molecule has 1 amide bonds. The van der Waals surface area contributed by atoms with Gasteiger partial charge in [-0.25, -0.2) is 4.39 Å². The average Bonchev–Trinajstić information content (AvgIpc) is 2.97.